The van der Waals surface area contributed by atoms with E-state index in [1.165, 1.54) is 11.5 Å². The summed E-state index contributed by atoms with van der Waals surface area (Å²) >= 11 is 1.35. The molecule has 0 bridgehead atoms. The van der Waals surface area contributed by atoms with Crippen molar-refractivity contribution in [1.29, 1.82) is 0 Å². The first-order valence-corrected chi connectivity index (χ1v) is 4.46. The SMILES string of the molecule is C=CCN(CC=C)c1csnn1. The van der Waals surface area contributed by atoms with Crippen LogP contribution in [0, 0.1) is 0 Å². The Morgan fingerprint density at radius 3 is 2.50 bits per heavy atom. The Bertz CT molecular complexity index is 233. The molecule has 0 atom stereocenters. The van der Waals surface area contributed by atoms with E-state index in [2.05, 4.69) is 22.7 Å². The molecule has 0 fully saturated rings. The number of hydrogen-bond acceptors (Lipinski definition) is 4. The Balaban J connectivity index is 2.65. The molecule has 12 heavy (non-hydrogen) atoms. The maximum absolute atomic E-state index is 3.95. The van der Waals surface area contributed by atoms with E-state index in [0.29, 0.717) is 0 Å². The predicted octanol–water partition coefficient (Wildman–Crippen LogP) is 1.72. The fourth-order valence-electron chi connectivity index (χ4n) is 0.871. The Morgan fingerprint density at radius 1 is 1.42 bits per heavy atom. The van der Waals surface area contributed by atoms with Gasteiger partial charge >= 0.3 is 0 Å². The van der Waals surface area contributed by atoms with Crippen LogP contribution in [0.5, 0.6) is 0 Å². The molecular weight excluding hydrogens is 170 g/mol. The van der Waals surface area contributed by atoms with E-state index in [1.54, 1.807) is 0 Å². The van der Waals surface area contributed by atoms with Crippen LogP contribution in [0.4, 0.5) is 5.82 Å². The van der Waals surface area contributed by atoms with Gasteiger partial charge in [0.2, 0.25) is 0 Å². The molecule has 0 spiro atoms. The molecule has 0 aliphatic heterocycles. The number of nitrogens with zero attached hydrogens (tertiary/aromatic N) is 3. The van der Waals surface area contributed by atoms with E-state index in [4.69, 9.17) is 0 Å². The van der Waals surface area contributed by atoms with Crippen molar-refractivity contribution >= 4 is 17.4 Å². The van der Waals surface area contributed by atoms with Crippen molar-refractivity contribution in [2.24, 2.45) is 0 Å². The van der Waals surface area contributed by atoms with E-state index in [0.717, 1.165) is 18.9 Å². The highest BCUT2D eigenvalue weighted by Gasteiger charge is 2.04. The third-order valence-electron chi connectivity index (χ3n) is 1.37. The third-order valence-corrected chi connectivity index (χ3v) is 1.86. The summed E-state index contributed by atoms with van der Waals surface area (Å²) in [6.07, 6.45) is 3.67. The van der Waals surface area contributed by atoms with E-state index in [9.17, 15) is 0 Å². The van der Waals surface area contributed by atoms with Gasteiger partial charge in [-0.25, -0.2) is 0 Å². The second kappa shape index (κ2) is 4.66. The minimum atomic E-state index is 0.775. The lowest BCUT2D eigenvalue weighted by atomic mass is 10.4. The molecule has 0 saturated carbocycles. The van der Waals surface area contributed by atoms with Crippen molar-refractivity contribution in [1.82, 2.24) is 9.59 Å². The van der Waals surface area contributed by atoms with Gasteiger partial charge in [-0.1, -0.05) is 16.6 Å². The minimum absolute atomic E-state index is 0.775. The molecule has 0 amide bonds. The smallest absolute Gasteiger partial charge is 0.164 e. The summed E-state index contributed by atoms with van der Waals surface area (Å²) in [4.78, 5) is 2.05. The van der Waals surface area contributed by atoms with E-state index < -0.39 is 0 Å². The molecule has 0 aromatic carbocycles. The van der Waals surface area contributed by atoms with E-state index in [-0.39, 0.29) is 0 Å². The molecule has 0 radical (unpaired) electrons. The maximum atomic E-state index is 3.95. The lowest BCUT2D eigenvalue weighted by Gasteiger charge is -2.16. The Hall–Kier alpha value is -1.16. The molecule has 1 rings (SSSR count). The van der Waals surface area contributed by atoms with Crippen LogP contribution in [-0.4, -0.2) is 22.7 Å². The fraction of sp³-hybridized carbons (Fsp3) is 0.250. The molecule has 1 heterocycles. The summed E-state index contributed by atoms with van der Waals surface area (Å²) in [7, 11) is 0. The molecule has 0 unspecified atom stereocenters. The third kappa shape index (κ3) is 2.17. The summed E-state index contributed by atoms with van der Waals surface area (Å²) < 4.78 is 3.79. The maximum Gasteiger partial charge on any atom is 0.164 e. The van der Waals surface area contributed by atoms with Gasteiger partial charge in [0.25, 0.3) is 0 Å². The first kappa shape index (κ1) is 8.93. The van der Waals surface area contributed by atoms with Crippen LogP contribution in [-0.2, 0) is 0 Å². The first-order chi connectivity index (χ1) is 5.88. The van der Waals surface area contributed by atoms with Gasteiger partial charge < -0.3 is 4.90 Å². The molecule has 0 saturated heterocycles. The van der Waals surface area contributed by atoms with Crippen molar-refractivity contribution in [3.63, 3.8) is 0 Å². The Kier molecular flexibility index (Phi) is 3.47. The standard InChI is InChI=1S/C8H11N3S/c1-3-5-11(6-4-2)8-7-12-10-9-8/h3-4,7H,1-2,5-6H2. The number of aromatic nitrogens is 2. The van der Waals surface area contributed by atoms with Gasteiger partial charge in [-0.3, -0.25) is 0 Å². The molecule has 64 valence electrons. The largest absolute Gasteiger partial charge is 0.347 e. The predicted molar refractivity (Wildman–Crippen MR) is 52.5 cm³/mol. The fourth-order valence-corrected chi connectivity index (χ4v) is 1.34. The highest BCUT2D eigenvalue weighted by molar-refractivity contribution is 7.03. The summed E-state index contributed by atoms with van der Waals surface area (Å²) in [6.45, 7) is 8.89. The monoisotopic (exact) mass is 181 g/mol. The topological polar surface area (TPSA) is 29.0 Å². The van der Waals surface area contributed by atoms with Crippen LogP contribution in [0.2, 0.25) is 0 Å². The number of anilines is 1. The highest BCUT2D eigenvalue weighted by Crippen LogP contribution is 2.10. The quantitative estimate of drug-likeness (QED) is 0.648. The zero-order chi connectivity index (χ0) is 8.81. The Labute approximate surface area is 76.2 Å². The lowest BCUT2D eigenvalue weighted by molar-refractivity contribution is 0.915. The minimum Gasteiger partial charge on any atom is -0.347 e. The molecule has 4 heteroatoms. The molecule has 1 aromatic heterocycles. The van der Waals surface area contributed by atoms with Crippen molar-refractivity contribution in [3.05, 3.63) is 30.7 Å². The second-order valence-electron chi connectivity index (χ2n) is 2.25. The van der Waals surface area contributed by atoms with E-state index in [1.807, 2.05) is 22.4 Å². The van der Waals surface area contributed by atoms with Crippen LogP contribution in [0.15, 0.2) is 30.7 Å². The first-order valence-electron chi connectivity index (χ1n) is 3.62. The van der Waals surface area contributed by atoms with Crippen LogP contribution >= 0.6 is 11.5 Å². The van der Waals surface area contributed by atoms with Crippen LogP contribution in [0.3, 0.4) is 0 Å². The van der Waals surface area contributed by atoms with E-state index >= 15 is 0 Å². The zero-order valence-electron chi connectivity index (χ0n) is 6.81. The second-order valence-corrected chi connectivity index (χ2v) is 2.86. The van der Waals surface area contributed by atoms with Crippen LogP contribution in [0.25, 0.3) is 0 Å². The molecule has 0 aliphatic rings. The van der Waals surface area contributed by atoms with Gasteiger partial charge in [0.1, 0.15) is 0 Å². The summed E-state index contributed by atoms with van der Waals surface area (Å²) in [5.41, 5.74) is 0. The normalized spacial score (nSPS) is 9.33. The van der Waals surface area contributed by atoms with Crippen molar-refractivity contribution in [2.45, 2.75) is 0 Å². The summed E-state index contributed by atoms with van der Waals surface area (Å²) in [5.74, 6) is 0.889. The average molecular weight is 181 g/mol. The number of hydrogen-bond donors (Lipinski definition) is 0. The van der Waals surface area contributed by atoms with Crippen molar-refractivity contribution in [2.75, 3.05) is 18.0 Å². The zero-order valence-corrected chi connectivity index (χ0v) is 7.63. The molecule has 0 aliphatic carbocycles. The van der Waals surface area contributed by atoms with Gasteiger partial charge in [0.05, 0.1) is 5.38 Å². The van der Waals surface area contributed by atoms with Gasteiger partial charge in [-0.15, -0.1) is 18.3 Å². The van der Waals surface area contributed by atoms with Crippen LogP contribution in [0.1, 0.15) is 0 Å². The Morgan fingerprint density at radius 2 is 2.08 bits per heavy atom. The summed E-state index contributed by atoms with van der Waals surface area (Å²) in [5, 5.41) is 5.86. The number of rotatable bonds is 5. The van der Waals surface area contributed by atoms with Crippen molar-refractivity contribution < 1.29 is 0 Å². The van der Waals surface area contributed by atoms with Crippen molar-refractivity contribution in [3.8, 4) is 0 Å². The molecular formula is C8H11N3S. The van der Waals surface area contributed by atoms with Crippen LogP contribution < -0.4 is 4.90 Å². The van der Waals surface area contributed by atoms with Gasteiger partial charge in [-0.2, -0.15) is 0 Å². The van der Waals surface area contributed by atoms with Gasteiger partial charge in [-0.05, 0) is 11.5 Å². The average Bonchev–Trinajstić information content (AvgIpc) is 2.56. The molecule has 3 nitrogen and oxygen atoms in total. The van der Waals surface area contributed by atoms with Gasteiger partial charge in [0.15, 0.2) is 5.82 Å². The molecule has 1 aromatic rings. The summed E-state index contributed by atoms with van der Waals surface area (Å²) in [6, 6.07) is 0. The highest BCUT2D eigenvalue weighted by atomic mass is 32.1. The lowest BCUT2D eigenvalue weighted by Crippen LogP contribution is -2.23. The molecule has 0 N–H and O–H groups in total. The van der Waals surface area contributed by atoms with Gasteiger partial charge in [0, 0.05) is 13.1 Å².